The van der Waals surface area contributed by atoms with Crippen molar-refractivity contribution in [3.05, 3.63) is 45.1 Å². The first-order valence-corrected chi connectivity index (χ1v) is 12.9. The van der Waals surface area contributed by atoms with Crippen LogP contribution in [0.4, 0.5) is 0 Å². The number of aromatic nitrogens is 2. The minimum atomic E-state index is -0.123. The first-order valence-electron chi connectivity index (χ1n) is 11.1. The fourth-order valence-corrected chi connectivity index (χ4v) is 6.28. The van der Waals surface area contributed by atoms with E-state index in [4.69, 9.17) is 14.5 Å². The summed E-state index contributed by atoms with van der Waals surface area (Å²) in [6.45, 7) is 2.33. The molecule has 33 heavy (non-hydrogen) atoms. The topological polar surface area (TPSA) is 82.5 Å². The van der Waals surface area contributed by atoms with Gasteiger partial charge in [0.1, 0.15) is 10.6 Å². The molecule has 2 heterocycles. The van der Waals surface area contributed by atoms with Crippen LogP contribution in [-0.4, -0.2) is 48.1 Å². The van der Waals surface area contributed by atoms with E-state index in [0.717, 1.165) is 41.5 Å². The van der Waals surface area contributed by atoms with E-state index in [1.54, 1.807) is 30.1 Å². The minimum absolute atomic E-state index is 0.0692. The molecule has 1 unspecified atom stereocenters. The Kier molecular flexibility index (Phi) is 7.72. The van der Waals surface area contributed by atoms with Crippen molar-refractivity contribution in [3.63, 3.8) is 0 Å². The number of carbonyl (C=O) groups is 1. The number of nitrogens with one attached hydrogen (secondary N) is 1. The quantitative estimate of drug-likeness (QED) is 0.294. The van der Waals surface area contributed by atoms with E-state index in [1.165, 1.54) is 23.1 Å². The molecule has 0 bridgehead atoms. The van der Waals surface area contributed by atoms with Gasteiger partial charge < -0.3 is 14.8 Å². The molecule has 1 atom stereocenters. The van der Waals surface area contributed by atoms with Crippen molar-refractivity contribution < 1.29 is 14.3 Å². The number of fused-ring (bicyclic) bond motifs is 3. The summed E-state index contributed by atoms with van der Waals surface area (Å²) in [5.74, 6) is 0.751. The molecule has 0 spiro atoms. The van der Waals surface area contributed by atoms with Gasteiger partial charge in [0, 0.05) is 18.0 Å². The van der Waals surface area contributed by atoms with Gasteiger partial charge in [-0.3, -0.25) is 14.2 Å². The van der Waals surface area contributed by atoms with Crippen LogP contribution in [-0.2, 0) is 22.4 Å². The molecule has 3 aromatic rings. The molecular formula is C24H29N3O4S2. The maximum atomic E-state index is 13.8. The van der Waals surface area contributed by atoms with Crippen molar-refractivity contribution in [2.24, 2.45) is 0 Å². The van der Waals surface area contributed by atoms with Crippen LogP contribution in [0.3, 0.4) is 0 Å². The number of rotatable bonds is 8. The third-order valence-electron chi connectivity index (χ3n) is 5.70. The van der Waals surface area contributed by atoms with Crippen LogP contribution < -0.4 is 15.6 Å². The number of hydrogen-bond donors (Lipinski definition) is 1. The van der Waals surface area contributed by atoms with Crippen LogP contribution in [0.2, 0.25) is 0 Å². The number of methoxy groups -OCH3 is 2. The fraction of sp³-hybridized carbons (Fsp3) is 0.458. The Hall–Kier alpha value is -2.36. The summed E-state index contributed by atoms with van der Waals surface area (Å²) in [5, 5.41) is 4.16. The van der Waals surface area contributed by atoms with Gasteiger partial charge in [-0.05, 0) is 62.4 Å². The summed E-state index contributed by atoms with van der Waals surface area (Å²) >= 11 is 2.90. The Balaban J connectivity index is 1.75. The fourth-order valence-electron chi connectivity index (χ4n) is 4.16. The van der Waals surface area contributed by atoms with Crippen molar-refractivity contribution in [2.45, 2.75) is 50.2 Å². The summed E-state index contributed by atoms with van der Waals surface area (Å²) in [4.78, 5) is 33.2. The van der Waals surface area contributed by atoms with Crippen LogP contribution in [0.25, 0.3) is 15.9 Å². The highest BCUT2D eigenvalue weighted by Crippen LogP contribution is 2.34. The normalized spacial score (nSPS) is 14.5. The number of amides is 1. The van der Waals surface area contributed by atoms with E-state index in [-0.39, 0.29) is 23.3 Å². The van der Waals surface area contributed by atoms with Crippen LogP contribution >= 0.6 is 23.1 Å². The molecule has 2 aromatic heterocycles. The van der Waals surface area contributed by atoms with Crippen molar-refractivity contribution >= 4 is 39.2 Å². The second-order valence-corrected chi connectivity index (χ2v) is 10.2. The van der Waals surface area contributed by atoms with Crippen molar-refractivity contribution in [2.75, 3.05) is 26.6 Å². The predicted octanol–water partition coefficient (Wildman–Crippen LogP) is 3.97. The Bertz CT molecular complexity index is 1190. The first kappa shape index (κ1) is 23.8. The number of thiophene rings is 1. The predicted molar refractivity (Wildman–Crippen MR) is 133 cm³/mol. The lowest BCUT2D eigenvalue weighted by Gasteiger charge is -2.15. The van der Waals surface area contributed by atoms with E-state index >= 15 is 0 Å². The Morgan fingerprint density at radius 3 is 2.70 bits per heavy atom. The van der Waals surface area contributed by atoms with E-state index in [9.17, 15) is 9.59 Å². The number of benzene rings is 1. The van der Waals surface area contributed by atoms with Gasteiger partial charge >= 0.3 is 0 Å². The number of ether oxygens (including phenoxy) is 2. The lowest BCUT2D eigenvalue weighted by atomic mass is 10.1. The third kappa shape index (κ3) is 5.26. The molecule has 176 valence electrons. The molecule has 0 saturated carbocycles. The van der Waals surface area contributed by atoms with E-state index in [0.29, 0.717) is 23.2 Å². The van der Waals surface area contributed by atoms with Crippen molar-refractivity contribution in [1.82, 2.24) is 14.9 Å². The highest BCUT2D eigenvalue weighted by atomic mass is 32.2. The average Bonchev–Trinajstić information content (AvgIpc) is 2.99. The summed E-state index contributed by atoms with van der Waals surface area (Å²) in [6.07, 6.45) is 5.35. The molecular weight excluding hydrogens is 458 g/mol. The maximum absolute atomic E-state index is 13.8. The maximum Gasteiger partial charge on any atom is 0.267 e. The number of hydrogen-bond acceptors (Lipinski definition) is 7. The van der Waals surface area contributed by atoms with Gasteiger partial charge in [0.25, 0.3) is 5.56 Å². The molecule has 0 radical (unpaired) electrons. The molecule has 1 aromatic carbocycles. The van der Waals surface area contributed by atoms with E-state index < -0.39 is 0 Å². The molecule has 0 saturated heterocycles. The Morgan fingerprint density at radius 1 is 1.21 bits per heavy atom. The standard InChI is InChI=1S/C24H29N3O4S2/c1-15(13-30-2)25-20(28)14-32-24-26-22-21(18-7-5-4-6-8-19(18)33-22)23(29)27(24)16-9-11-17(31-3)12-10-16/h9-12,15H,4-8,13-14H2,1-3H3,(H,25,28). The summed E-state index contributed by atoms with van der Waals surface area (Å²) in [5.41, 5.74) is 1.80. The van der Waals surface area contributed by atoms with Gasteiger partial charge in [0.05, 0.1) is 30.5 Å². The van der Waals surface area contributed by atoms with E-state index in [2.05, 4.69) is 5.32 Å². The molecule has 1 aliphatic carbocycles. The zero-order valence-corrected chi connectivity index (χ0v) is 20.8. The van der Waals surface area contributed by atoms with Crippen molar-refractivity contribution in [3.8, 4) is 11.4 Å². The minimum Gasteiger partial charge on any atom is -0.497 e. The molecule has 1 N–H and O–H groups in total. The number of aryl methyl sites for hydroxylation is 2. The highest BCUT2D eigenvalue weighted by molar-refractivity contribution is 7.99. The number of thioether (sulfide) groups is 1. The summed E-state index contributed by atoms with van der Waals surface area (Å²) < 4.78 is 12.0. The molecule has 0 aliphatic heterocycles. The molecule has 4 rings (SSSR count). The molecule has 9 heteroatoms. The first-order chi connectivity index (χ1) is 16.0. The SMILES string of the molecule is COCC(C)NC(=O)CSc1nc2sc3c(c2c(=O)n1-c1ccc(OC)cc1)CCCCC3. The van der Waals surface area contributed by atoms with Crippen LogP contribution in [0.1, 0.15) is 36.6 Å². The average molecular weight is 488 g/mol. The number of carbonyl (C=O) groups excluding carboxylic acids is 1. The molecule has 1 aliphatic rings. The van der Waals surface area contributed by atoms with Crippen LogP contribution in [0.5, 0.6) is 5.75 Å². The zero-order valence-electron chi connectivity index (χ0n) is 19.2. The van der Waals surface area contributed by atoms with Gasteiger partial charge in [-0.2, -0.15) is 0 Å². The van der Waals surface area contributed by atoms with Gasteiger partial charge in [-0.1, -0.05) is 18.2 Å². The largest absolute Gasteiger partial charge is 0.497 e. The highest BCUT2D eigenvalue weighted by Gasteiger charge is 2.23. The number of nitrogens with zero attached hydrogens (tertiary/aromatic N) is 2. The molecule has 7 nitrogen and oxygen atoms in total. The second-order valence-electron chi connectivity index (χ2n) is 8.19. The monoisotopic (exact) mass is 487 g/mol. The third-order valence-corrected chi connectivity index (χ3v) is 7.82. The lowest BCUT2D eigenvalue weighted by Crippen LogP contribution is -2.36. The van der Waals surface area contributed by atoms with Gasteiger partial charge in [-0.15, -0.1) is 11.3 Å². The van der Waals surface area contributed by atoms with Gasteiger partial charge in [-0.25, -0.2) is 4.98 Å². The van der Waals surface area contributed by atoms with Crippen LogP contribution in [0, 0.1) is 0 Å². The molecule has 1 amide bonds. The molecule has 0 fully saturated rings. The summed E-state index contributed by atoms with van der Waals surface area (Å²) in [7, 11) is 3.21. The lowest BCUT2D eigenvalue weighted by molar-refractivity contribution is -0.119. The second kappa shape index (κ2) is 10.7. The van der Waals surface area contributed by atoms with Gasteiger partial charge in [0.15, 0.2) is 5.16 Å². The zero-order chi connectivity index (χ0) is 23.4. The smallest absolute Gasteiger partial charge is 0.267 e. The van der Waals surface area contributed by atoms with E-state index in [1.807, 2.05) is 31.2 Å². The Labute approximate surface area is 201 Å². The Morgan fingerprint density at radius 2 is 1.97 bits per heavy atom. The van der Waals surface area contributed by atoms with Crippen LogP contribution in [0.15, 0.2) is 34.2 Å². The van der Waals surface area contributed by atoms with Gasteiger partial charge in [0.2, 0.25) is 5.91 Å². The van der Waals surface area contributed by atoms with Crippen molar-refractivity contribution in [1.29, 1.82) is 0 Å². The summed E-state index contributed by atoms with van der Waals surface area (Å²) in [6, 6.07) is 7.27.